The first-order valence-electron chi connectivity index (χ1n) is 9.04. The average molecular weight is 486 g/mol. The van der Waals surface area contributed by atoms with Crippen LogP contribution in [0.25, 0.3) is 11.0 Å². The summed E-state index contributed by atoms with van der Waals surface area (Å²) in [6.45, 7) is 0. The van der Waals surface area contributed by atoms with Gasteiger partial charge in [0.1, 0.15) is 11.0 Å². The van der Waals surface area contributed by atoms with Crippen molar-refractivity contribution in [1.82, 2.24) is 24.9 Å². The zero-order valence-electron chi connectivity index (χ0n) is 16.7. The Morgan fingerprint density at radius 3 is 2.52 bits per heavy atom. The van der Waals surface area contributed by atoms with E-state index in [2.05, 4.69) is 41.5 Å². The minimum atomic E-state index is -4.33. The maximum Gasteiger partial charge on any atom is 0.268 e. The summed E-state index contributed by atoms with van der Waals surface area (Å²) in [5.74, 6) is 3.80. The van der Waals surface area contributed by atoms with Crippen molar-refractivity contribution in [3.05, 3.63) is 65.1 Å². The molecule has 0 unspecified atom stereocenters. The van der Waals surface area contributed by atoms with Gasteiger partial charge >= 0.3 is 0 Å². The fourth-order valence-electron chi connectivity index (χ4n) is 2.75. The standard InChI is InChI=1S/C20H13ClFN7O3S/c1-32-20-14(8-13(21)10-28-20)33(30,31)29-19-15(22)11(4-5-26-19)2-3-12-9-27-18(23)17-16(12)24-6-7-25-17/h4-10H,1H3,(H2,23,27)(H,26,29). The number of hydrogen-bond acceptors (Lipinski definition) is 9. The van der Waals surface area contributed by atoms with Gasteiger partial charge in [-0.15, -0.1) is 0 Å². The molecule has 4 heterocycles. The van der Waals surface area contributed by atoms with Crippen LogP contribution in [-0.2, 0) is 10.0 Å². The molecular formula is C20H13ClFN7O3S. The van der Waals surface area contributed by atoms with Gasteiger partial charge < -0.3 is 10.5 Å². The SMILES string of the molecule is COc1ncc(Cl)cc1S(=O)(=O)Nc1nccc(C#Cc2cnc(N)c3nccnc23)c1F. The topological polar surface area (TPSA) is 146 Å². The Bertz CT molecular complexity index is 1550. The van der Waals surface area contributed by atoms with Crippen LogP contribution in [0.1, 0.15) is 11.1 Å². The molecule has 0 radical (unpaired) electrons. The Balaban J connectivity index is 1.71. The number of pyridine rings is 3. The van der Waals surface area contributed by atoms with E-state index >= 15 is 4.39 Å². The molecule has 0 fully saturated rings. The predicted molar refractivity (Wildman–Crippen MR) is 119 cm³/mol. The number of sulfonamides is 1. The summed E-state index contributed by atoms with van der Waals surface area (Å²) in [4.78, 5) is 19.5. The molecule has 0 saturated carbocycles. The molecular weight excluding hydrogens is 473 g/mol. The van der Waals surface area contributed by atoms with E-state index in [1.165, 1.54) is 44.2 Å². The van der Waals surface area contributed by atoms with Gasteiger partial charge in [0.15, 0.2) is 22.3 Å². The van der Waals surface area contributed by atoms with Crippen molar-refractivity contribution >= 4 is 44.3 Å². The number of nitrogens with two attached hydrogens (primary N) is 1. The number of anilines is 2. The Hall–Kier alpha value is -4.08. The summed E-state index contributed by atoms with van der Waals surface area (Å²) < 4.78 is 47.6. The quantitative estimate of drug-likeness (QED) is 0.416. The summed E-state index contributed by atoms with van der Waals surface area (Å²) in [5, 5.41) is 0.0525. The van der Waals surface area contributed by atoms with Gasteiger partial charge in [-0.1, -0.05) is 23.4 Å². The zero-order valence-corrected chi connectivity index (χ0v) is 18.3. The van der Waals surface area contributed by atoms with Crippen LogP contribution in [0.5, 0.6) is 5.88 Å². The Morgan fingerprint density at radius 1 is 1.03 bits per heavy atom. The zero-order chi connectivity index (χ0) is 23.6. The molecule has 0 spiro atoms. The van der Waals surface area contributed by atoms with Gasteiger partial charge in [-0.3, -0.25) is 9.71 Å². The van der Waals surface area contributed by atoms with Crippen molar-refractivity contribution < 1.29 is 17.5 Å². The number of hydrogen-bond donors (Lipinski definition) is 2. The highest BCUT2D eigenvalue weighted by molar-refractivity contribution is 7.92. The molecule has 0 aliphatic carbocycles. The Labute approximate surface area is 192 Å². The molecule has 166 valence electrons. The molecule has 0 aromatic carbocycles. The number of aromatic nitrogens is 5. The molecule has 4 rings (SSSR count). The highest BCUT2D eigenvalue weighted by Crippen LogP contribution is 2.27. The van der Waals surface area contributed by atoms with Crippen molar-refractivity contribution in [3.8, 4) is 17.7 Å². The lowest BCUT2D eigenvalue weighted by atomic mass is 10.2. The minimum Gasteiger partial charge on any atom is -0.480 e. The van der Waals surface area contributed by atoms with Gasteiger partial charge in [0.25, 0.3) is 10.0 Å². The van der Waals surface area contributed by atoms with Crippen molar-refractivity contribution in [2.45, 2.75) is 4.90 Å². The summed E-state index contributed by atoms with van der Waals surface area (Å²) in [6.07, 6.45) is 6.74. The number of nitrogen functional groups attached to an aromatic ring is 1. The molecule has 33 heavy (non-hydrogen) atoms. The van der Waals surface area contributed by atoms with Crippen LogP contribution in [0.4, 0.5) is 16.0 Å². The third-order valence-corrected chi connectivity index (χ3v) is 5.79. The number of fused-ring (bicyclic) bond motifs is 1. The fourth-order valence-corrected chi connectivity index (χ4v) is 4.13. The maximum atomic E-state index is 15.0. The molecule has 0 aliphatic rings. The van der Waals surface area contributed by atoms with E-state index in [4.69, 9.17) is 22.1 Å². The molecule has 4 aromatic heterocycles. The van der Waals surface area contributed by atoms with Crippen LogP contribution in [0.3, 0.4) is 0 Å². The lowest BCUT2D eigenvalue weighted by Crippen LogP contribution is -2.17. The normalized spacial score (nSPS) is 11.0. The molecule has 13 heteroatoms. The van der Waals surface area contributed by atoms with Crippen LogP contribution in [-0.4, -0.2) is 40.4 Å². The molecule has 0 saturated heterocycles. The smallest absolute Gasteiger partial charge is 0.268 e. The maximum absolute atomic E-state index is 15.0. The number of halogens is 2. The van der Waals surface area contributed by atoms with E-state index in [-0.39, 0.29) is 27.2 Å². The first kappa shape index (κ1) is 22.1. The highest BCUT2D eigenvalue weighted by Gasteiger charge is 2.24. The number of ether oxygens (including phenoxy) is 1. The molecule has 0 bridgehead atoms. The molecule has 3 N–H and O–H groups in total. The van der Waals surface area contributed by atoms with Gasteiger partial charge in [-0.05, 0) is 12.1 Å². The third kappa shape index (κ3) is 4.45. The summed E-state index contributed by atoms with van der Waals surface area (Å²) >= 11 is 5.85. The number of rotatable bonds is 4. The number of nitrogens with one attached hydrogen (secondary N) is 1. The lowest BCUT2D eigenvalue weighted by molar-refractivity contribution is 0.385. The van der Waals surface area contributed by atoms with E-state index < -0.39 is 21.7 Å². The van der Waals surface area contributed by atoms with Gasteiger partial charge in [-0.25, -0.2) is 32.7 Å². The molecule has 0 amide bonds. The van der Waals surface area contributed by atoms with Crippen molar-refractivity contribution in [2.24, 2.45) is 0 Å². The van der Waals surface area contributed by atoms with Crippen LogP contribution >= 0.6 is 11.6 Å². The van der Waals surface area contributed by atoms with Crippen molar-refractivity contribution in [3.63, 3.8) is 0 Å². The van der Waals surface area contributed by atoms with Crippen molar-refractivity contribution in [2.75, 3.05) is 17.6 Å². The second-order valence-electron chi connectivity index (χ2n) is 6.35. The molecule has 4 aromatic rings. The first-order chi connectivity index (χ1) is 15.8. The van der Waals surface area contributed by atoms with E-state index in [0.717, 1.165) is 6.07 Å². The Kier molecular flexibility index (Phi) is 5.91. The average Bonchev–Trinajstić information content (AvgIpc) is 2.81. The third-order valence-electron chi connectivity index (χ3n) is 4.25. The number of methoxy groups -OCH3 is 1. The van der Waals surface area contributed by atoms with Gasteiger partial charge in [0.05, 0.1) is 23.3 Å². The lowest BCUT2D eigenvalue weighted by Gasteiger charge is -2.11. The largest absolute Gasteiger partial charge is 0.480 e. The molecule has 0 aliphatic heterocycles. The van der Waals surface area contributed by atoms with Crippen LogP contribution in [0.2, 0.25) is 5.02 Å². The molecule has 0 atom stereocenters. The first-order valence-corrected chi connectivity index (χ1v) is 10.9. The number of nitrogens with zero attached hydrogens (tertiary/aromatic N) is 5. The summed E-state index contributed by atoms with van der Waals surface area (Å²) in [5.41, 5.74) is 6.79. The van der Waals surface area contributed by atoms with Crippen LogP contribution < -0.4 is 15.2 Å². The van der Waals surface area contributed by atoms with Gasteiger partial charge in [-0.2, -0.15) is 0 Å². The fraction of sp³-hybridized carbons (Fsp3) is 0.0500. The molecule has 10 nitrogen and oxygen atoms in total. The predicted octanol–water partition coefficient (Wildman–Crippen LogP) is 2.40. The summed E-state index contributed by atoms with van der Waals surface area (Å²) in [6, 6.07) is 2.41. The summed E-state index contributed by atoms with van der Waals surface area (Å²) in [7, 11) is -3.09. The van der Waals surface area contributed by atoms with Crippen LogP contribution in [0.15, 0.2) is 48.0 Å². The van der Waals surface area contributed by atoms with E-state index in [0.29, 0.717) is 16.6 Å². The van der Waals surface area contributed by atoms with Gasteiger partial charge in [0, 0.05) is 31.0 Å². The van der Waals surface area contributed by atoms with Crippen LogP contribution in [0, 0.1) is 17.7 Å². The Morgan fingerprint density at radius 2 is 1.76 bits per heavy atom. The second-order valence-corrected chi connectivity index (χ2v) is 8.44. The van der Waals surface area contributed by atoms with E-state index in [1.54, 1.807) is 0 Å². The van der Waals surface area contributed by atoms with E-state index in [9.17, 15) is 8.42 Å². The second kappa shape index (κ2) is 8.81. The monoisotopic (exact) mass is 485 g/mol. The highest BCUT2D eigenvalue weighted by atomic mass is 35.5. The van der Waals surface area contributed by atoms with Gasteiger partial charge in [0.2, 0.25) is 5.88 Å². The minimum absolute atomic E-state index is 0.0525. The van der Waals surface area contributed by atoms with E-state index in [1.807, 2.05) is 0 Å². The van der Waals surface area contributed by atoms with Crippen molar-refractivity contribution in [1.29, 1.82) is 0 Å².